The third-order valence-corrected chi connectivity index (χ3v) is 6.10. The van der Waals surface area contributed by atoms with Crippen LogP contribution < -0.4 is 4.74 Å². The van der Waals surface area contributed by atoms with Crippen molar-refractivity contribution in [1.29, 1.82) is 0 Å². The monoisotopic (exact) mass is 293 g/mol. The van der Waals surface area contributed by atoms with E-state index in [0.717, 1.165) is 17.7 Å². The Kier molecular flexibility index (Phi) is 2.47. The molecule has 0 amide bonds. The Bertz CT molecular complexity index is 683. The molecule has 0 saturated carbocycles. The number of hydrogen-bond donors (Lipinski definition) is 0. The van der Waals surface area contributed by atoms with Gasteiger partial charge in [-0.3, -0.25) is 0 Å². The molecule has 7 heteroatoms. The van der Waals surface area contributed by atoms with E-state index in [4.69, 9.17) is 4.74 Å². The van der Waals surface area contributed by atoms with E-state index in [1.54, 1.807) is 22.5 Å². The highest BCUT2D eigenvalue weighted by molar-refractivity contribution is 7.89. The first-order valence-electron chi connectivity index (χ1n) is 6.79. The van der Waals surface area contributed by atoms with Crippen LogP contribution in [0.25, 0.3) is 0 Å². The molecular formula is C13H15N3O3S. The van der Waals surface area contributed by atoms with Crippen LogP contribution in [0.5, 0.6) is 5.75 Å². The maximum absolute atomic E-state index is 12.6. The van der Waals surface area contributed by atoms with E-state index in [0.29, 0.717) is 37.4 Å². The van der Waals surface area contributed by atoms with Gasteiger partial charge in [-0.25, -0.2) is 8.42 Å². The first kappa shape index (κ1) is 12.3. The third kappa shape index (κ3) is 1.84. The lowest BCUT2D eigenvalue weighted by atomic mass is 10.0. The van der Waals surface area contributed by atoms with Crippen molar-refractivity contribution >= 4 is 10.0 Å². The van der Waals surface area contributed by atoms with E-state index in [2.05, 4.69) is 10.2 Å². The molecule has 1 aromatic carbocycles. The minimum atomic E-state index is -3.41. The number of sulfonamides is 1. The maximum Gasteiger partial charge on any atom is 0.243 e. The second-order valence-corrected chi connectivity index (χ2v) is 7.39. The lowest BCUT2D eigenvalue weighted by Crippen LogP contribution is -2.41. The van der Waals surface area contributed by atoms with E-state index < -0.39 is 10.0 Å². The third-order valence-electron chi connectivity index (χ3n) is 4.20. The fourth-order valence-corrected chi connectivity index (χ4v) is 4.32. The predicted molar refractivity (Wildman–Crippen MR) is 71.2 cm³/mol. The van der Waals surface area contributed by atoms with Crippen molar-refractivity contribution in [3.63, 3.8) is 0 Å². The number of rotatable bonds is 2. The normalized spacial score (nSPS) is 23.6. The molecule has 1 spiro atoms. The zero-order valence-electron chi connectivity index (χ0n) is 10.9. The Balaban J connectivity index is 1.60. The van der Waals surface area contributed by atoms with Crippen LogP contribution in [0.4, 0.5) is 0 Å². The van der Waals surface area contributed by atoms with Gasteiger partial charge >= 0.3 is 0 Å². The number of piperidine rings is 1. The molecule has 1 aromatic rings. The molecule has 0 unspecified atom stereocenters. The van der Waals surface area contributed by atoms with Crippen LogP contribution in [0.1, 0.15) is 18.4 Å². The van der Waals surface area contributed by atoms with E-state index in [-0.39, 0.29) is 5.66 Å². The standard InChI is InChI=1S/C13H15N3O3S/c17-20(18,16-6-4-13(5-7-16)14-15-13)11-1-2-12-10(9-11)3-8-19-12/h1-2,9H,3-8H2. The molecule has 0 aliphatic carbocycles. The summed E-state index contributed by atoms with van der Waals surface area (Å²) in [6, 6.07) is 5.13. The number of fused-ring (bicyclic) bond motifs is 1. The molecule has 0 atom stereocenters. The Hall–Kier alpha value is -1.47. The van der Waals surface area contributed by atoms with E-state index >= 15 is 0 Å². The molecule has 3 aliphatic heterocycles. The van der Waals surface area contributed by atoms with Crippen LogP contribution in [0, 0.1) is 0 Å². The van der Waals surface area contributed by atoms with Gasteiger partial charge in [0.25, 0.3) is 0 Å². The molecule has 3 heterocycles. The summed E-state index contributed by atoms with van der Waals surface area (Å²) >= 11 is 0. The van der Waals surface area contributed by atoms with Crippen molar-refractivity contribution in [1.82, 2.24) is 4.31 Å². The zero-order chi connectivity index (χ0) is 13.8. The highest BCUT2D eigenvalue weighted by Gasteiger charge is 2.45. The van der Waals surface area contributed by atoms with Crippen LogP contribution in [0.2, 0.25) is 0 Å². The van der Waals surface area contributed by atoms with Crippen LogP contribution in [-0.4, -0.2) is 38.1 Å². The van der Waals surface area contributed by atoms with E-state index in [1.165, 1.54) is 0 Å². The summed E-state index contributed by atoms with van der Waals surface area (Å²) in [6.45, 7) is 1.61. The average Bonchev–Trinajstić information content (AvgIpc) is 3.04. The van der Waals surface area contributed by atoms with Gasteiger partial charge in [-0.2, -0.15) is 14.5 Å². The fourth-order valence-electron chi connectivity index (χ4n) is 2.83. The van der Waals surface area contributed by atoms with E-state index in [9.17, 15) is 8.42 Å². The molecule has 4 rings (SSSR count). The largest absolute Gasteiger partial charge is 0.493 e. The van der Waals surface area contributed by atoms with Gasteiger partial charge < -0.3 is 4.74 Å². The first-order valence-corrected chi connectivity index (χ1v) is 8.23. The fraction of sp³-hybridized carbons (Fsp3) is 0.538. The molecule has 20 heavy (non-hydrogen) atoms. The van der Waals surface area contributed by atoms with Crippen molar-refractivity contribution in [2.45, 2.75) is 29.8 Å². The summed E-state index contributed by atoms with van der Waals surface area (Å²) in [6.07, 6.45) is 2.17. The highest BCUT2D eigenvalue weighted by Crippen LogP contribution is 2.40. The van der Waals surface area contributed by atoms with Crippen molar-refractivity contribution in [2.24, 2.45) is 10.2 Å². The van der Waals surface area contributed by atoms with Gasteiger partial charge in [0, 0.05) is 32.4 Å². The number of ether oxygens (including phenoxy) is 1. The van der Waals surface area contributed by atoms with Crippen LogP contribution >= 0.6 is 0 Å². The summed E-state index contributed by atoms with van der Waals surface area (Å²) in [5.41, 5.74) is 0.726. The number of hydrogen-bond acceptors (Lipinski definition) is 5. The quantitative estimate of drug-likeness (QED) is 0.831. The van der Waals surface area contributed by atoms with Crippen molar-refractivity contribution in [3.05, 3.63) is 23.8 Å². The molecule has 3 aliphatic rings. The first-order chi connectivity index (χ1) is 9.59. The lowest BCUT2D eigenvalue weighted by molar-refractivity contribution is 0.295. The van der Waals surface area contributed by atoms with Gasteiger partial charge in [-0.15, -0.1) is 0 Å². The molecular weight excluding hydrogens is 278 g/mol. The lowest BCUT2D eigenvalue weighted by Gasteiger charge is -2.28. The minimum Gasteiger partial charge on any atom is -0.493 e. The topological polar surface area (TPSA) is 71.3 Å². The summed E-state index contributed by atoms with van der Waals surface area (Å²) < 4.78 is 32.2. The zero-order valence-corrected chi connectivity index (χ0v) is 11.8. The molecule has 0 bridgehead atoms. The van der Waals surface area contributed by atoms with Gasteiger partial charge in [-0.05, 0) is 23.8 Å². The number of nitrogens with zero attached hydrogens (tertiary/aromatic N) is 3. The van der Waals surface area contributed by atoms with Gasteiger partial charge in [0.15, 0.2) is 5.66 Å². The van der Waals surface area contributed by atoms with Gasteiger partial charge in [0.05, 0.1) is 11.5 Å². The van der Waals surface area contributed by atoms with Crippen molar-refractivity contribution < 1.29 is 13.2 Å². The second-order valence-electron chi connectivity index (χ2n) is 5.45. The maximum atomic E-state index is 12.6. The van der Waals surface area contributed by atoms with Gasteiger partial charge in [-0.1, -0.05) is 0 Å². The molecule has 1 fully saturated rings. The highest BCUT2D eigenvalue weighted by atomic mass is 32.2. The Morgan fingerprint density at radius 1 is 1.20 bits per heavy atom. The average molecular weight is 293 g/mol. The molecule has 0 N–H and O–H groups in total. The molecule has 1 saturated heterocycles. The molecule has 0 aromatic heterocycles. The van der Waals surface area contributed by atoms with Gasteiger partial charge in [0.1, 0.15) is 5.75 Å². The Labute approximate surface area is 117 Å². The van der Waals surface area contributed by atoms with Crippen molar-refractivity contribution in [2.75, 3.05) is 19.7 Å². The van der Waals surface area contributed by atoms with Crippen LogP contribution in [0.15, 0.2) is 33.3 Å². The Morgan fingerprint density at radius 3 is 2.65 bits per heavy atom. The number of benzene rings is 1. The van der Waals surface area contributed by atoms with Crippen LogP contribution in [-0.2, 0) is 16.4 Å². The van der Waals surface area contributed by atoms with Crippen LogP contribution in [0.3, 0.4) is 0 Å². The van der Waals surface area contributed by atoms with E-state index in [1.807, 2.05) is 0 Å². The second kappa shape index (κ2) is 4.02. The predicted octanol–water partition coefficient (Wildman–Crippen LogP) is 1.57. The minimum absolute atomic E-state index is 0.252. The molecule has 6 nitrogen and oxygen atoms in total. The smallest absolute Gasteiger partial charge is 0.243 e. The Morgan fingerprint density at radius 2 is 1.95 bits per heavy atom. The van der Waals surface area contributed by atoms with Gasteiger partial charge in [0.2, 0.25) is 10.0 Å². The summed E-state index contributed by atoms with van der Waals surface area (Å²) in [5, 5.41) is 8.03. The summed E-state index contributed by atoms with van der Waals surface area (Å²) in [7, 11) is -3.41. The summed E-state index contributed by atoms with van der Waals surface area (Å²) in [4.78, 5) is 0.363. The summed E-state index contributed by atoms with van der Waals surface area (Å²) in [5.74, 6) is 0.803. The van der Waals surface area contributed by atoms with Crippen molar-refractivity contribution in [3.8, 4) is 5.75 Å². The molecule has 0 radical (unpaired) electrons. The molecule has 106 valence electrons. The SMILES string of the molecule is O=S(=O)(c1ccc2c(c1)CCO2)N1CCC2(CC1)N=N2.